The van der Waals surface area contributed by atoms with E-state index in [9.17, 15) is 18.0 Å². The number of carbonyl (C=O) groups is 1. The lowest BCUT2D eigenvalue weighted by Gasteiger charge is -2.12. The maximum absolute atomic E-state index is 12.2. The highest BCUT2D eigenvalue weighted by atomic mass is 79.9. The number of benzene rings is 1. The fourth-order valence-corrected chi connectivity index (χ4v) is 3.22. The van der Waals surface area contributed by atoms with Gasteiger partial charge < -0.3 is 9.47 Å². The Morgan fingerprint density at radius 3 is 2.43 bits per heavy atom. The maximum Gasteiger partial charge on any atom is 0.573 e. The number of methoxy groups -OCH3 is 1. The number of carbonyl (C=O) groups excluding carboxylic acids is 1. The van der Waals surface area contributed by atoms with Crippen LogP contribution in [0.1, 0.15) is 25.3 Å². The summed E-state index contributed by atoms with van der Waals surface area (Å²) in [5, 5.41) is 0. The third kappa shape index (κ3) is 3.17. The molecule has 2 unspecified atom stereocenters. The molecule has 0 saturated heterocycles. The molecule has 1 aromatic rings. The van der Waals surface area contributed by atoms with Gasteiger partial charge in [-0.15, -0.1) is 13.2 Å². The number of alkyl halides is 3. The molecule has 2 rings (SSSR count). The Hall–Kier alpha value is -1.24. The first kappa shape index (κ1) is 16.1. The average Bonchev–Trinajstić information content (AvgIpc) is 2.92. The van der Waals surface area contributed by atoms with Gasteiger partial charge in [0, 0.05) is 5.92 Å². The minimum Gasteiger partial charge on any atom is -0.469 e. The van der Waals surface area contributed by atoms with Crippen LogP contribution in [0.3, 0.4) is 0 Å². The topological polar surface area (TPSA) is 35.5 Å². The van der Waals surface area contributed by atoms with Gasteiger partial charge in [-0.05, 0) is 39.0 Å². The lowest BCUT2D eigenvalue weighted by atomic mass is 10.0. The molecule has 7 heteroatoms. The first-order chi connectivity index (χ1) is 9.58. The Bertz CT molecular complexity index is 569. The number of hydrogen-bond donors (Lipinski definition) is 0. The zero-order valence-electron chi connectivity index (χ0n) is 11.6. The smallest absolute Gasteiger partial charge is 0.469 e. The second-order valence-electron chi connectivity index (χ2n) is 5.54. The van der Waals surface area contributed by atoms with E-state index in [0.29, 0.717) is 0 Å². The van der Waals surface area contributed by atoms with E-state index in [2.05, 4.69) is 20.7 Å². The second kappa shape index (κ2) is 5.19. The zero-order chi connectivity index (χ0) is 16.0. The number of halogens is 4. The lowest BCUT2D eigenvalue weighted by molar-refractivity contribution is -0.274. The van der Waals surface area contributed by atoms with Crippen molar-refractivity contribution in [2.45, 2.75) is 26.1 Å². The first-order valence-corrected chi connectivity index (χ1v) is 7.00. The normalized spacial score (nSPS) is 23.6. The van der Waals surface area contributed by atoms with Gasteiger partial charge in [-0.25, -0.2) is 0 Å². The lowest BCUT2D eigenvalue weighted by Crippen LogP contribution is -2.17. The van der Waals surface area contributed by atoms with E-state index in [-0.39, 0.29) is 33.4 Å². The Morgan fingerprint density at radius 1 is 1.33 bits per heavy atom. The minimum atomic E-state index is -4.74. The van der Waals surface area contributed by atoms with Gasteiger partial charge in [-0.1, -0.05) is 19.9 Å². The molecule has 0 heterocycles. The molecule has 0 N–H and O–H groups in total. The van der Waals surface area contributed by atoms with Crippen molar-refractivity contribution in [3.63, 3.8) is 0 Å². The van der Waals surface area contributed by atoms with Gasteiger partial charge in [0.15, 0.2) is 0 Å². The molecule has 1 fully saturated rings. The van der Waals surface area contributed by atoms with Crippen LogP contribution in [0, 0.1) is 11.3 Å². The molecule has 3 nitrogen and oxygen atoms in total. The van der Waals surface area contributed by atoms with Crippen LogP contribution in [0.5, 0.6) is 5.75 Å². The zero-order valence-corrected chi connectivity index (χ0v) is 13.2. The highest BCUT2D eigenvalue weighted by molar-refractivity contribution is 9.10. The van der Waals surface area contributed by atoms with Gasteiger partial charge in [0.2, 0.25) is 0 Å². The SMILES string of the molecule is COC(=O)C1C(c2ccc(OC(F)(F)F)c(Br)c2)C1(C)C. The fraction of sp³-hybridized carbons (Fsp3) is 0.500. The summed E-state index contributed by atoms with van der Waals surface area (Å²) in [5.41, 5.74) is 0.496. The van der Waals surface area contributed by atoms with Gasteiger partial charge in [0.05, 0.1) is 17.5 Å². The summed E-state index contributed by atoms with van der Waals surface area (Å²) >= 11 is 3.07. The third-order valence-corrected chi connectivity index (χ3v) is 4.44. The molecule has 0 bridgehead atoms. The molecule has 0 spiro atoms. The monoisotopic (exact) mass is 366 g/mol. The van der Waals surface area contributed by atoms with Gasteiger partial charge in [0.1, 0.15) is 5.75 Å². The van der Waals surface area contributed by atoms with E-state index in [1.165, 1.54) is 13.2 Å². The van der Waals surface area contributed by atoms with Crippen LogP contribution in [-0.4, -0.2) is 19.4 Å². The Labute approximate surface area is 128 Å². The standard InChI is InChI=1S/C14H14BrF3O3/c1-13(2)10(11(13)12(19)20-3)7-4-5-9(8(15)6-7)21-14(16,17)18/h4-6,10-11H,1-3H3. The highest BCUT2D eigenvalue weighted by Crippen LogP contribution is 2.65. The molecule has 0 radical (unpaired) electrons. The van der Waals surface area contributed by atoms with Crippen LogP contribution >= 0.6 is 15.9 Å². The van der Waals surface area contributed by atoms with E-state index >= 15 is 0 Å². The quantitative estimate of drug-likeness (QED) is 0.749. The summed E-state index contributed by atoms with van der Waals surface area (Å²) in [6.07, 6.45) is -4.74. The predicted molar refractivity (Wildman–Crippen MR) is 72.9 cm³/mol. The van der Waals surface area contributed by atoms with Gasteiger partial charge in [0.25, 0.3) is 0 Å². The van der Waals surface area contributed by atoms with Crippen molar-refractivity contribution in [3.05, 3.63) is 28.2 Å². The van der Waals surface area contributed by atoms with Crippen molar-refractivity contribution >= 4 is 21.9 Å². The minimum absolute atomic E-state index is 0.0822. The number of rotatable bonds is 3. The third-order valence-electron chi connectivity index (χ3n) is 3.82. The van der Waals surface area contributed by atoms with E-state index in [1.54, 1.807) is 12.1 Å². The maximum atomic E-state index is 12.2. The van der Waals surface area contributed by atoms with Gasteiger partial charge in [-0.3, -0.25) is 4.79 Å². The highest BCUT2D eigenvalue weighted by Gasteiger charge is 2.63. The van der Waals surface area contributed by atoms with Crippen molar-refractivity contribution in [3.8, 4) is 5.75 Å². The Balaban J connectivity index is 2.24. The predicted octanol–water partition coefficient (Wildman–Crippen LogP) is 4.26. The van der Waals surface area contributed by atoms with Crippen molar-refractivity contribution in [1.82, 2.24) is 0 Å². The van der Waals surface area contributed by atoms with E-state index in [1.807, 2.05) is 13.8 Å². The molecule has 0 aromatic heterocycles. The van der Waals surface area contributed by atoms with Crippen LogP contribution in [-0.2, 0) is 9.53 Å². The molecule has 1 aromatic carbocycles. The summed E-state index contributed by atoms with van der Waals surface area (Å²) in [5.74, 6) is -0.985. The van der Waals surface area contributed by atoms with Crippen molar-refractivity contribution in [1.29, 1.82) is 0 Å². The van der Waals surface area contributed by atoms with Crippen LogP contribution < -0.4 is 4.74 Å². The molecule has 2 atom stereocenters. The molecule has 1 aliphatic carbocycles. The number of ether oxygens (including phenoxy) is 2. The summed E-state index contributed by atoms with van der Waals surface area (Å²) < 4.78 is 45.5. The van der Waals surface area contributed by atoms with Crippen molar-refractivity contribution < 1.29 is 27.4 Å². The molecule has 1 saturated carbocycles. The Kier molecular flexibility index (Phi) is 3.99. The first-order valence-electron chi connectivity index (χ1n) is 6.21. The van der Waals surface area contributed by atoms with Gasteiger partial charge in [-0.2, -0.15) is 0 Å². The van der Waals surface area contributed by atoms with E-state index in [4.69, 9.17) is 4.74 Å². The molecule has 116 valence electrons. The van der Waals surface area contributed by atoms with E-state index in [0.717, 1.165) is 5.56 Å². The molecule has 0 aliphatic heterocycles. The van der Waals surface area contributed by atoms with Crippen LogP contribution in [0.15, 0.2) is 22.7 Å². The molecule has 1 aliphatic rings. The van der Waals surface area contributed by atoms with Crippen LogP contribution in [0.25, 0.3) is 0 Å². The number of esters is 1. The molecular weight excluding hydrogens is 353 g/mol. The summed E-state index contributed by atoms with van der Waals surface area (Å²) in [6.45, 7) is 3.85. The van der Waals surface area contributed by atoms with Crippen molar-refractivity contribution in [2.75, 3.05) is 7.11 Å². The largest absolute Gasteiger partial charge is 0.573 e. The number of hydrogen-bond acceptors (Lipinski definition) is 3. The summed E-state index contributed by atoms with van der Waals surface area (Å²) in [4.78, 5) is 11.7. The summed E-state index contributed by atoms with van der Waals surface area (Å²) in [6, 6.07) is 4.34. The molecule has 0 amide bonds. The molecule has 21 heavy (non-hydrogen) atoms. The van der Waals surface area contributed by atoms with Crippen LogP contribution in [0.2, 0.25) is 0 Å². The van der Waals surface area contributed by atoms with Crippen molar-refractivity contribution in [2.24, 2.45) is 11.3 Å². The molecular formula is C14H14BrF3O3. The van der Waals surface area contributed by atoms with Crippen LogP contribution in [0.4, 0.5) is 13.2 Å². The van der Waals surface area contributed by atoms with Gasteiger partial charge >= 0.3 is 12.3 Å². The fourth-order valence-electron chi connectivity index (χ4n) is 2.74. The Morgan fingerprint density at radius 2 is 1.95 bits per heavy atom. The van der Waals surface area contributed by atoms with E-state index < -0.39 is 6.36 Å². The second-order valence-corrected chi connectivity index (χ2v) is 6.39. The average molecular weight is 367 g/mol. The summed E-state index contributed by atoms with van der Waals surface area (Å²) in [7, 11) is 1.32.